The maximum atomic E-state index is 12.9. The number of rotatable bonds is 7. The highest BCUT2D eigenvalue weighted by Gasteiger charge is 2.29. The standard InChI is InChI=1S/C24H27N3O2/c1-3-26(4-2)16-17-29-24(28)22-21-15-14-18-10-8-9-13-20(18)23(21)27(25-22)19-11-6-5-7-12-19/h5-13H,3-4,14-17H2,1-2H3. The third-order valence-corrected chi connectivity index (χ3v) is 5.63. The van der Waals surface area contributed by atoms with Gasteiger partial charge in [0.1, 0.15) is 6.61 Å². The molecule has 1 aromatic heterocycles. The van der Waals surface area contributed by atoms with Gasteiger partial charge in [-0.2, -0.15) is 5.10 Å². The van der Waals surface area contributed by atoms with Gasteiger partial charge in [-0.3, -0.25) is 0 Å². The quantitative estimate of drug-likeness (QED) is 0.570. The van der Waals surface area contributed by atoms with E-state index in [0.29, 0.717) is 12.3 Å². The number of hydrogen-bond donors (Lipinski definition) is 0. The minimum absolute atomic E-state index is 0.331. The first-order chi connectivity index (χ1) is 14.2. The third-order valence-electron chi connectivity index (χ3n) is 5.63. The van der Waals surface area contributed by atoms with Crippen molar-refractivity contribution < 1.29 is 9.53 Å². The van der Waals surface area contributed by atoms with Gasteiger partial charge in [-0.15, -0.1) is 0 Å². The van der Waals surface area contributed by atoms with Crippen molar-refractivity contribution in [1.29, 1.82) is 0 Å². The molecule has 5 heteroatoms. The van der Waals surface area contributed by atoms with Crippen molar-refractivity contribution in [3.8, 4) is 16.9 Å². The molecule has 0 radical (unpaired) electrons. The van der Waals surface area contributed by atoms with Crippen LogP contribution in [0.3, 0.4) is 0 Å². The van der Waals surface area contributed by atoms with E-state index in [-0.39, 0.29) is 5.97 Å². The van der Waals surface area contributed by atoms with Crippen LogP contribution < -0.4 is 0 Å². The predicted molar refractivity (Wildman–Crippen MR) is 114 cm³/mol. The first-order valence-corrected chi connectivity index (χ1v) is 10.4. The van der Waals surface area contributed by atoms with Crippen LogP contribution in [0, 0.1) is 0 Å². The summed E-state index contributed by atoms with van der Waals surface area (Å²) in [6.07, 6.45) is 1.70. The van der Waals surface area contributed by atoms with E-state index in [1.807, 2.05) is 41.1 Å². The molecule has 0 saturated heterocycles. The number of ether oxygens (including phenoxy) is 1. The van der Waals surface area contributed by atoms with Gasteiger partial charge in [0.25, 0.3) is 0 Å². The molecule has 1 heterocycles. The molecular weight excluding hydrogens is 362 g/mol. The Balaban J connectivity index is 1.70. The number of likely N-dealkylation sites (N-methyl/N-ethyl adjacent to an activating group) is 1. The zero-order valence-corrected chi connectivity index (χ0v) is 17.1. The van der Waals surface area contributed by atoms with Gasteiger partial charge in [0, 0.05) is 17.7 Å². The fourth-order valence-corrected chi connectivity index (χ4v) is 3.99. The highest BCUT2D eigenvalue weighted by Crippen LogP contribution is 2.37. The van der Waals surface area contributed by atoms with Gasteiger partial charge < -0.3 is 9.64 Å². The van der Waals surface area contributed by atoms with Crippen molar-refractivity contribution in [2.75, 3.05) is 26.2 Å². The zero-order chi connectivity index (χ0) is 20.2. The molecular formula is C24H27N3O2. The fourth-order valence-electron chi connectivity index (χ4n) is 3.99. The molecule has 0 unspecified atom stereocenters. The van der Waals surface area contributed by atoms with Crippen molar-refractivity contribution in [2.45, 2.75) is 26.7 Å². The average molecular weight is 389 g/mol. The third kappa shape index (κ3) is 3.83. The van der Waals surface area contributed by atoms with Crippen LogP contribution in [-0.2, 0) is 17.6 Å². The summed E-state index contributed by atoms with van der Waals surface area (Å²) < 4.78 is 7.51. The molecule has 5 nitrogen and oxygen atoms in total. The largest absolute Gasteiger partial charge is 0.460 e. The Morgan fingerprint density at radius 1 is 1.03 bits per heavy atom. The second-order valence-corrected chi connectivity index (χ2v) is 7.24. The molecule has 150 valence electrons. The van der Waals surface area contributed by atoms with Crippen molar-refractivity contribution in [3.63, 3.8) is 0 Å². The van der Waals surface area contributed by atoms with Gasteiger partial charge in [0.2, 0.25) is 0 Å². The van der Waals surface area contributed by atoms with Crippen LogP contribution in [0.15, 0.2) is 54.6 Å². The molecule has 0 bridgehead atoms. The molecule has 0 saturated carbocycles. The van der Waals surface area contributed by atoms with E-state index in [4.69, 9.17) is 9.84 Å². The number of carbonyl (C=O) groups is 1. The number of nitrogens with zero attached hydrogens (tertiary/aromatic N) is 3. The molecule has 4 rings (SSSR count). The minimum Gasteiger partial charge on any atom is -0.460 e. The lowest BCUT2D eigenvalue weighted by Crippen LogP contribution is -2.28. The number of aromatic nitrogens is 2. The Kier molecular flexibility index (Phi) is 5.76. The summed E-state index contributed by atoms with van der Waals surface area (Å²) in [4.78, 5) is 15.2. The van der Waals surface area contributed by atoms with Crippen molar-refractivity contribution in [1.82, 2.24) is 14.7 Å². The second-order valence-electron chi connectivity index (χ2n) is 7.24. The van der Waals surface area contributed by atoms with Gasteiger partial charge in [-0.1, -0.05) is 56.3 Å². The summed E-state index contributed by atoms with van der Waals surface area (Å²) in [5.74, 6) is -0.331. The van der Waals surface area contributed by atoms with Gasteiger partial charge in [-0.05, 0) is 43.6 Å². The van der Waals surface area contributed by atoms with Gasteiger partial charge >= 0.3 is 5.97 Å². The lowest BCUT2D eigenvalue weighted by atomic mass is 9.89. The Hall–Kier alpha value is -2.92. The maximum Gasteiger partial charge on any atom is 0.359 e. The minimum atomic E-state index is -0.331. The lowest BCUT2D eigenvalue weighted by Gasteiger charge is -2.19. The van der Waals surface area contributed by atoms with E-state index in [9.17, 15) is 4.79 Å². The molecule has 1 aliphatic carbocycles. The summed E-state index contributed by atoms with van der Waals surface area (Å²) in [5.41, 5.74) is 5.82. The smallest absolute Gasteiger partial charge is 0.359 e. The SMILES string of the molecule is CCN(CC)CCOC(=O)c1nn(-c2ccccc2)c2c1CCc1ccccc1-2. The summed E-state index contributed by atoms with van der Waals surface area (Å²) in [5, 5.41) is 4.73. The van der Waals surface area contributed by atoms with Crippen LogP contribution in [0.2, 0.25) is 0 Å². The van der Waals surface area contributed by atoms with Crippen molar-refractivity contribution >= 4 is 5.97 Å². The average Bonchev–Trinajstić information content (AvgIpc) is 3.17. The summed E-state index contributed by atoms with van der Waals surface area (Å²) in [6, 6.07) is 18.4. The Bertz CT molecular complexity index is 991. The molecule has 0 N–H and O–H groups in total. The number of para-hydroxylation sites is 1. The van der Waals surface area contributed by atoms with Crippen LogP contribution in [0.25, 0.3) is 16.9 Å². The summed E-state index contributed by atoms with van der Waals surface area (Å²) >= 11 is 0. The molecule has 0 spiro atoms. The fraction of sp³-hybridized carbons (Fsp3) is 0.333. The van der Waals surface area contributed by atoms with Crippen LogP contribution in [0.1, 0.15) is 35.5 Å². The summed E-state index contributed by atoms with van der Waals surface area (Å²) in [7, 11) is 0. The normalized spacial score (nSPS) is 12.5. The van der Waals surface area contributed by atoms with Crippen LogP contribution in [0.4, 0.5) is 0 Å². The Morgan fingerprint density at radius 2 is 1.76 bits per heavy atom. The molecule has 1 aliphatic rings. The highest BCUT2D eigenvalue weighted by molar-refractivity contribution is 5.92. The zero-order valence-electron chi connectivity index (χ0n) is 17.1. The van der Waals surface area contributed by atoms with E-state index < -0.39 is 0 Å². The number of benzene rings is 2. The van der Waals surface area contributed by atoms with E-state index in [0.717, 1.165) is 55.0 Å². The van der Waals surface area contributed by atoms with E-state index >= 15 is 0 Å². The molecule has 0 atom stereocenters. The number of fused-ring (bicyclic) bond motifs is 3. The van der Waals surface area contributed by atoms with E-state index in [1.54, 1.807) is 0 Å². The molecule has 3 aromatic rings. The monoisotopic (exact) mass is 389 g/mol. The number of aryl methyl sites for hydroxylation is 1. The van der Waals surface area contributed by atoms with Crippen molar-refractivity contribution in [2.24, 2.45) is 0 Å². The van der Waals surface area contributed by atoms with Crippen LogP contribution in [0.5, 0.6) is 0 Å². The maximum absolute atomic E-state index is 12.9. The second kappa shape index (κ2) is 8.62. The van der Waals surface area contributed by atoms with E-state index in [2.05, 4.69) is 36.9 Å². The van der Waals surface area contributed by atoms with E-state index in [1.165, 1.54) is 5.56 Å². The molecule has 0 aliphatic heterocycles. The van der Waals surface area contributed by atoms with Gasteiger partial charge in [0.05, 0.1) is 11.4 Å². The van der Waals surface area contributed by atoms with Crippen LogP contribution in [-0.4, -0.2) is 46.9 Å². The summed E-state index contributed by atoms with van der Waals surface area (Å²) in [6.45, 7) is 7.24. The van der Waals surface area contributed by atoms with Crippen molar-refractivity contribution in [3.05, 3.63) is 71.4 Å². The molecule has 0 fully saturated rings. The predicted octanol–water partition coefficient (Wildman–Crippen LogP) is 4.14. The van der Waals surface area contributed by atoms with Crippen LogP contribution >= 0.6 is 0 Å². The highest BCUT2D eigenvalue weighted by atomic mass is 16.5. The number of hydrogen-bond acceptors (Lipinski definition) is 4. The first-order valence-electron chi connectivity index (χ1n) is 10.4. The van der Waals surface area contributed by atoms with Gasteiger partial charge in [-0.25, -0.2) is 9.48 Å². The molecule has 2 aromatic carbocycles. The Labute approximate surface area is 171 Å². The topological polar surface area (TPSA) is 47.4 Å². The molecule has 29 heavy (non-hydrogen) atoms. The Morgan fingerprint density at radius 3 is 2.52 bits per heavy atom. The number of esters is 1. The van der Waals surface area contributed by atoms with Gasteiger partial charge in [0.15, 0.2) is 5.69 Å². The lowest BCUT2D eigenvalue weighted by molar-refractivity contribution is 0.0458. The first kappa shape index (κ1) is 19.4. The number of carbonyl (C=O) groups excluding carboxylic acids is 1. The molecule has 0 amide bonds.